The highest BCUT2D eigenvalue weighted by molar-refractivity contribution is 5.92. The lowest BCUT2D eigenvalue weighted by atomic mass is 10.1. The number of benzene rings is 2. The molecule has 0 spiro atoms. The highest BCUT2D eigenvalue weighted by Gasteiger charge is 2.16. The first-order chi connectivity index (χ1) is 11.8. The Hall–Kier alpha value is -3.28. The summed E-state index contributed by atoms with van der Waals surface area (Å²) in [5.41, 5.74) is 2.44. The highest BCUT2D eigenvalue weighted by Crippen LogP contribution is 2.32. The first kappa shape index (κ1) is 14.3. The van der Waals surface area contributed by atoms with Crippen molar-refractivity contribution < 1.29 is 18.8 Å². The summed E-state index contributed by atoms with van der Waals surface area (Å²) in [7, 11) is 0. The lowest BCUT2D eigenvalue weighted by Crippen LogP contribution is -2.22. The molecule has 0 saturated carbocycles. The molecule has 0 bridgehead atoms. The van der Waals surface area contributed by atoms with Gasteiger partial charge in [-0.1, -0.05) is 41.6 Å². The first-order valence-corrected chi connectivity index (χ1v) is 7.48. The summed E-state index contributed by atoms with van der Waals surface area (Å²) in [6.45, 7) is 0.586. The predicted molar refractivity (Wildman–Crippen MR) is 85.7 cm³/mol. The predicted octanol–water partition coefficient (Wildman–Crippen LogP) is 3.00. The van der Waals surface area contributed by atoms with Gasteiger partial charge in [0.15, 0.2) is 11.5 Å². The van der Waals surface area contributed by atoms with Crippen LogP contribution in [0.2, 0.25) is 0 Å². The molecular weight excluding hydrogens is 308 g/mol. The summed E-state index contributed by atoms with van der Waals surface area (Å²) in [4.78, 5) is 12.2. The number of rotatable bonds is 4. The molecule has 0 aliphatic carbocycles. The van der Waals surface area contributed by atoms with Gasteiger partial charge >= 0.3 is 0 Å². The third kappa shape index (κ3) is 2.81. The summed E-state index contributed by atoms with van der Waals surface area (Å²) >= 11 is 0. The third-order valence-electron chi connectivity index (χ3n) is 3.69. The second-order valence-corrected chi connectivity index (χ2v) is 5.31. The molecule has 0 radical (unpaired) electrons. The number of ether oxygens (including phenoxy) is 2. The summed E-state index contributed by atoms with van der Waals surface area (Å²) < 4.78 is 15.7. The molecule has 0 atom stereocenters. The summed E-state index contributed by atoms with van der Waals surface area (Å²) in [6, 6.07) is 16.7. The van der Waals surface area contributed by atoms with Gasteiger partial charge in [0, 0.05) is 18.2 Å². The van der Waals surface area contributed by atoms with E-state index in [1.807, 2.05) is 48.5 Å². The van der Waals surface area contributed by atoms with E-state index >= 15 is 0 Å². The average Bonchev–Trinajstić information content (AvgIpc) is 3.29. The van der Waals surface area contributed by atoms with E-state index in [4.69, 9.17) is 14.0 Å². The van der Waals surface area contributed by atoms with Crippen LogP contribution in [0.15, 0.2) is 59.1 Å². The number of hydrogen-bond acceptors (Lipinski definition) is 5. The molecule has 3 aromatic rings. The Morgan fingerprint density at radius 3 is 2.75 bits per heavy atom. The minimum Gasteiger partial charge on any atom is -0.454 e. The second-order valence-electron chi connectivity index (χ2n) is 5.31. The fourth-order valence-corrected chi connectivity index (χ4v) is 2.45. The van der Waals surface area contributed by atoms with Crippen LogP contribution in [0.4, 0.5) is 0 Å². The molecule has 1 aromatic heterocycles. The van der Waals surface area contributed by atoms with Crippen molar-refractivity contribution in [2.75, 3.05) is 6.79 Å². The molecule has 1 amide bonds. The van der Waals surface area contributed by atoms with Crippen LogP contribution in [-0.4, -0.2) is 17.9 Å². The van der Waals surface area contributed by atoms with Crippen molar-refractivity contribution in [1.82, 2.24) is 10.5 Å². The Kier molecular flexibility index (Phi) is 3.63. The standard InChI is InChI=1S/C18H14N2O4/c21-18(17-9-14(20-24-17)13-4-2-1-3-5-13)19-10-12-6-7-15-16(8-12)23-11-22-15/h1-9H,10-11H2,(H,19,21). The van der Waals surface area contributed by atoms with Gasteiger partial charge in [0.1, 0.15) is 5.69 Å². The maximum atomic E-state index is 12.2. The number of fused-ring (bicyclic) bond motifs is 1. The zero-order valence-electron chi connectivity index (χ0n) is 12.7. The Morgan fingerprint density at radius 1 is 1.04 bits per heavy atom. The number of amides is 1. The van der Waals surface area contributed by atoms with Crippen molar-refractivity contribution in [2.24, 2.45) is 0 Å². The monoisotopic (exact) mass is 322 g/mol. The average molecular weight is 322 g/mol. The van der Waals surface area contributed by atoms with Crippen LogP contribution in [0.5, 0.6) is 11.5 Å². The molecule has 2 heterocycles. The van der Waals surface area contributed by atoms with Crippen LogP contribution < -0.4 is 14.8 Å². The van der Waals surface area contributed by atoms with Crippen LogP contribution in [0.3, 0.4) is 0 Å². The maximum absolute atomic E-state index is 12.2. The zero-order valence-corrected chi connectivity index (χ0v) is 12.7. The molecule has 6 nitrogen and oxygen atoms in total. The number of carbonyl (C=O) groups excluding carboxylic acids is 1. The molecule has 1 aliphatic rings. The largest absolute Gasteiger partial charge is 0.454 e. The minimum absolute atomic E-state index is 0.176. The van der Waals surface area contributed by atoms with Gasteiger partial charge in [0.2, 0.25) is 12.6 Å². The Balaban J connectivity index is 1.42. The number of hydrogen-bond donors (Lipinski definition) is 1. The lowest BCUT2D eigenvalue weighted by molar-refractivity contribution is 0.0914. The smallest absolute Gasteiger partial charge is 0.290 e. The van der Waals surface area contributed by atoms with Crippen molar-refractivity contribution in [2.45, 2.75) is 6.54 Å². The molecule has 4 rings (SSSR count). The quantitative estimate of drug-likeness (QED) is 0.799. The first-order valence-electron chi connectivity index (χ1n) is 7.48. The van der Waals surface area contributed by atoms with Gasteiger partial charge in [0.25, 0.3) is 5.91 Å². The van der Waals surface area contributed by atoms with Crippen LogP contribution in [0.1, 0.15) is 16.1 Å². The van der Waals surface area contributed by atoms with Gasteiger partial charge < -0.3 is 19.3 Å². The SMILES string of the molecule is O=C(NCc1ccc2c(c1)OCO2)c1cc(-c2ccccc2)no1. The van der Waals surface area contributed by atoms with Crippen LogP contribution in [0, 0.1) is 0 Å². The van der Waals surface area contributed by atoms with Crippen molar-refractivity contribution in [3.05, 3.63) is 65.9 Å². The van der Waals surface area contributed by atoms with E-state index in [0.717, 1.165) is 11.1 Å². The normalized spacial score (nSPS) is 12.2. The van der Waals surface area contributed by atoms with Crippen molar-refractivity contribution in [1.29, 1.82) is 0 Å². The third-order valence-corrected chi connectivity index (χ3v) is 3.69. The van der Waals surface area contributed by atoms with E-state index in [1.54, 1.807) is 6.07 Å². The zero-order chi connectivity index (χ0) is 16.4. The number of aromatic nitrogens is 1. The van der Waals surface area contributed by atoms with Crippen LogP contribution >= 0.6 is 0 Å². The van der Waals surface area contributed by atoms with Gasteiger partial charge in [-0.05, 0) is 17.7 Å². The number of carbonyl (C=O) groups is 1. The summed E-state index contributed by atoms with van der Waals surface area (Å²) in [5, 5.41) is 6.74. The molecule has 24 heavy (non-hydrogen) atoms. The molecular formula is C18H14N2O4. The number of nitrogens with zero attached hydrogens (tertiary/aromatic N) is 1. The fraction of sp³-hybridized carbons (Fsp3) is 0.111. The molecule has 1 aliphatic heterocycles. The second kappa shape index (κ2) is 6.08. The number of nitrogens with one attached hydrogen (secondary N) is 1. The van der Waals surface area contributed by atoms with Crippen LogP contribution in [-0.2, 0) is 6.54 Å². The Labute approximate surface area is 138 Å². The molecule has 0 saturated heterocycles. The van der Waals surface area contributed by atoms with E-state index in [2.05, 4.69) is 10.5 Å². The molecule has 0 unspecified atom stereocenters. The van der Waals surface area contributed by atoms with Gasteiger partial charge in [0.05, 0.1) is 0 Å². The van der Waals surface area contributed by atoms with Crippen LogP contribution in [0.25, 0.3) is 11.3 Å². The Morgan fingerprint density at radius 2 is 1.88 bits per heavy atom. The molecule has 120 valence electrons. The minimum atomic E-state index is -0.317. The van der Waals surface area contributed by atoms with E-state index in [9.17, 15) is 4.79 Å². The lowest BCUT2D eigenvalue weighted by Gasteiger charge is -2.04. The van der Waals surface area contributed by atoms with Gasteiger partial charge in [-0.3, -0.25) is 4.79 Å². The fourth-order valence-electron chi connectivity index (χ4n) is 2.45. The highest BCUT2D eigenvalue weighted by atomic mass is 16.7. The molecule has 2 aromatic carbocycles. The van der Waals surface area contributed by atoms with E-state index in [1.165, 1.54) is 0 Å². The van der Waals surface area contributed by atoms with Gasteiger partial charge in [-0.15, -0.1) is 0 Å². The van der Waals surface area contributed by atoms with E-state index < -0.39 is 0 Å². The van der Waals surface area contributed by atoms with Gasteiger partial charge in [-0.25, -0.2) is 0 Å². The topological polar surface area (TPSA) is 73.6 Å². The molecule has 0 fully saturated rings. The Bertz CT molecular complexity index is 874. The summed E-state index contributed by atoms with van der Waals surface area (Å²) in [5.74, 6) is 1.26. The summed E-state index contributed by atoms with van der Waals surface area (Å²) in [6.07, 6.45) is 0. The molecule has 6 heteroatoms. The van der Waals surface area contributed by atoms with Gasteiger partial charge in [-0.2, -0.15) is 0 Å². The van der Waals surface area contributed by atoms with E-state index in [-0.39, 0.29) is 18.5 Å². The maximum Gasteiger partial charge on any atom is 0.290 e. The van der Waals surface area contributed by atoms with Crippen molar-refractivity contribution >= 4 is 5.91 Å². The van der Waals surface area contributed by atoms with E-state index in [0.29, 0.717) is 23.7 Å². The van der Waals surface area contributed by atoms with Crippen molar-refractivity contribution in [3.63, 3.8) is 0 Å². The van der Waals surface area contributed by atoms with Crippen molar-refractivity contribution in [3.8, 4) is 22.8 Å². The molecule has 1 N–H and O–H groups in total.